The van der Waals surface area contributed by atoms with E-state index < -0.39 is 0 Å². The zero-order valence-electron chi connectivity index (χ0n) is 16.1. The smallest absolute Gasteiger partial charge is 0.0910 e. The predicted molar refractivity (Wildman–Crippen MR) is 107 cm³/mol. The third kappa shape index (κ3) is 14.2. The largest absolute Gasteiger partial charge is 0.193 e. The van der Waals surface area contributed by atoms with Gasteiger partial charge in [-0.1, -0.05) is 6.08 Å². The Kier molecular flexibility index (Phi) is 20.5. The molecular formula is C18H39NNiP2+2. The second-order valence-electron chi connectivity index (χ2n) is 6.90. The summed E-state index contributed by atoms with van der Waals surface area (Å²) in [5.41, 5.74) is 3.81. The first kappa shape index (κ1) is 27.4. The van der Waals surface area contributed by atoms with Gasteiger partial charge in [-0.15, -0.1) is 0 Å². The maximum Gasteiger partial charge on any atom is 0.0910 e. The van der Waals surface area contributed by atoms with E-state index in [4.69, 9.17) is 5.26 Å². The van der Waals surface area contributed by atoms with Crippen molar-refractivity contribution < 1.29 is 16.5 Å². The molecule has 0 aliphatic carbocycles. The standard InChI is InChI=1S/C14H32P2.C4H5N.Ni/c1-11(2)15(12(3)4)9-10-16(13(5)6)14(7)8;1-2-3-4-5;/h11-14H,9-10H2,1-8H3;2-3H,1H3;/p+2. The van der Waals surface area contributed by atoms with Gasteiger partial charge in [-0.05, 0) is 62.3 Å². The van der Waals surface area contributed by atoms with Crippen LogP contribution in [0.3, 0.4) is 0 Å². The van der Waals surface area contributed by atoms with Crippen molar-refractivity contribution in [3.63, 3.8) is 0 Å². The molecule has 0 rings (SSSR count). The Morgan fingerprint density at radius 3 is 1.14 bits per heavy atom. The SMILES string of the molecule is CC(C)[PH+](CC[PH+](C(C)C)C(C)C)C(C)C.CC=CC#N.[Ni]. The molecule has 0 saturated carbocycles. The third-order valence-electron chi connectivity index (χ3n) is 3.91. The van der Waals surface area contributed by atoms with Crippen molar-refractivity contribution in [3.8, 4) is 6.07 Å². The molecule has 0 aromatic carbocycles. The summed E-state index contributed by atoms with van der Waals surface area (Å²) in [7, 11) is -0.229. The fourth-order valence-corrected chi connectivity index (χ4v) is 10.1. The summed E-state index contributed by atoms with van der Waals surface area (Å²) in [5, 5.41) is 7.73. The van der Waals surface area contributed by atoms with Gasteiger partial charge < -0.3 is 0 Å². The molecule has 0 fully saturated rings. The summed E-state index contributed by atoms with van der Waals surface area (Å²) in [4.78, 5) is 0. The first-order valence-corrected chi connectivity index (χ1v) is 12.1. The number of hydrogen-bond donors (Lipinski definition) is 0. The summed E-state index contributed by atoms with van der Waals surface area (Å²) in [5.74, 6) is 0. The Morgan fingerprint density at radius 2 is 1.05 bits per heavy atom. The van der Waals surface area contributed by atoms with Gasteiger partial charge in [-0.25, -0.2) is 0 Å². The third-order valence-corrected chi connectivity index (χ3v) is 12.0. The Hall–Kier alpha value is 0.584. The predicted octanol–water partition coefficient (Wildman–Crippen LogP) is 6.13. The van der Waals surface area contributed by atoms with E-state index in [9.17, 15) is 0 Å². The van der Waals surface area contributed by atoms with Gasteiger partial charge in [0.1, 0.15) is 0 Å². The Balaban J connectivity index is -0.000000520. The average Bonchev–Trinajstić information content (AvgIpc) is 2.34. The molecule has 0 N–H and O–H groups in total. The van der Waals surface area contributed by atoms with Crippen LogP contribution in [0.1, 0.15) is 62.3 Å². The first-order valence-electron chi connectivity index (χ1n) is 8.40. The van der Waals surface area contributed by atoms with Gasteiger partial charge >= 0.3 is 0 Å². The maximum atomic E-state index is 7.73. The maximum absolute atomic E-state index is 7.73. The van der Waals surface area contributed by atoms with Gasteiger partial charge in [0.25, 0.3) is 0 Å². The van der Waals surface area contributed by atoms with Crippen LogP contribution in [0.25, 0.3) is 0 Å². The second-order valence-corrected chi connectivity index (χ2v) is 14.8. The van der Waals surface area contributed by atoms with E-state index in [1.54, 1.807) is 18.4 Å². The van der Waals surface area contributed by atoms with Crippen LogP contribution in [0.5, 0.6) is 0 Å². The molecule has 22 heavy (non-hydrogen) atoms. The number of nitriles is 1. The van der Waals surface area contributed by atoms with Crippen molar-refractivity contribution in [2.24, 2.45) is 0 Å². The fraction of sp³-hybridized carbons (Fsp3) is 0.833. The van der Waals surface area contributed by atoms with Crippen molar-refractivity contribution >= 4 is 15.8 Å². The molecule has 0 aromatic heterocycles. The van der Waals surface area contributed by atoms with Crippen molar-refractivity contribution in [1.29, 1.82) is 5.26 Å². The van der Waals surface area contributed by atoms with E-state index in [0.717, 1.165) is 22.6 Å². The molecule has 0 aliphatic heterocycles. The molecule has 1 nitrogen and oxygen atoms in total. The van der Waals surface area contributed by atoms with E-state index in [2.05, 4.69) is 55.4 Å². The molecule has 4 heteroatoms. The van der Waals surface area contributed by atoms with Crippen LogP contribution in [0.15, 0.2) is 12.2 Å². The molecule has 0 aliphatic rings. The zero-order chi connectivity index (χ0) is 17.0. The summed E-state index contributed by atoms with van der Waals surface area (Å²) in [6, 6.07) is 1.84. The van der Waals surface area contributed by atoms with Crippen LogP contribution >= 0.6 is 15.8 Å². The van der Waals surface area contributed by atoms with Crippen LogP contribution in [-0.4, -0.2) is 35.0 Å². The van der Waals surface area contributed by atoms with Crippen molar-refractivity contribution in [1.82, 2.24) is 0 Å². The van der Waals surface area contributed by atoms with Crippen LogP contribution < -0.4 is 0 Å². The summed E-state index contributed by atoms with van der Waals surface area (Å²) >= 11 is 0. The van der Waals surface area contributed by atoms with Crippen molar-refractivity contribution in [2.45, 2.75) is 84.9 Å². The molecule has 0 heterocycles. The second kappa shape index (κ2) is 16.4. The molecule has 0 spiro atoms. The number of rotatable bonds is 7. The molecule has 0 saturated heterocycles. The normalized spacial score (nSPS) is 11.4. The van der Waals surface area contributed by atoms with Crippen LogP contribution in [0.2, 0.25) is 0 Å². The van der Waals surface area contributed by atoms with Gasteiger partial charge in [-0.3, -0.25) is 0 Å². The summed E-state index contributed by atoms with van der Waals surface area (Å²) in [6.07, 6.45) is 6.25. The van der Waals surface area contributed by atoms with E-state index in [1.807, 2.05) is 13.0 Å². The van der Waals surface area contributed by atoms with Crippen LogP contribution in [0, 0.1) is 11.3 Å². The molecule has 0 unspecified atom stereocenters. The molecular weight excluding hydrogens is 351 g/mol. The Bertz CT molecular complexity index is 271. The minimum Gasteiger partial charge on any atom is -0.193 e. The van der Waals surface area contributed by atoms with Crippen molar-refractivity contribution in [3.05, 3.63) is 12.2 Å². The van der Waals surface area contributed by atoms with E-state index in [0.29, 0.717) is 0 Å². The topological polar surface area (TPSA) is 23.8 Å². The average molecular weight is 390 g/mol. The summed E-state index contributed by atoms with van der Waals surface area (Å²) in [6.45, 7) is 21.3. The number of nitrogens with zero attached hydrogens (tertiary/aromatic N) is 1. The monoisotopic (exact) mass is 389 g/mol. The molecule has 0 atom stereocenters. The van der Waals surface area contributed by atoms with Crippen LogP contribution in [-0.2, 0) is 16.5 Å². The first-order chi connectivity index (χ1) is 9.68. The minimum atomic E-state index is -0.114. The quantitative estimate of drug-likeness (QED) is 0.291. The minimum absolute atomic E-state index is 0. The molecule has 0 radical (unpaired) electrons. The Labute approximate surface area is 153 Å². The van der Waals surface area contributed by atoms with Crippen LogP contribution in [0.4, 0.5) is 0 Å². The Morgan fingerprint density at radius 1 is 0.773 bits per heavy atom. The van der Waals surface area contributed by atoms with E-state index in [-0.39, 0.29) is 32.3 Å². The summed E-state index contributed by atoms with van der Waals surface area (Å²) < 4.78 is 0. The number of hydrogen-bond acceptors (Lipinski definition) is 1. The van der Waals surface area contributed by atoms with E-state index in [1.165, 1.54) is 6.08 Å². The van der Waals surface area contributed by atoms with Gasteiger partial charge in [-0.2, -0.15) is 5.26 Å². The van der Waals surface area contributed by atoms with E-state index >= 15 is 0 Å². The van der Waals surface area contributed by atoms with Crippen molar-refractivity contribution in [2.75, 3.05) is 12.3 Å². The van der Waals surface area contributed by atoms with Gasteiger partial charge in [0.2, 0.25) is 0 Å². The molecule has 0 amide bonds. The van der Waals surface area contributed by atoms with Gasteiger partial charge in [0.05, 0.1) is 41.0 Å². The van der Waals surface area contributed by atoms with Gasteiger partial charge in [0.15, 0.2) is 0 Å². The fourth-order valence-electron chi connectivity index (χ4n) is 2.85. The molecule has 0 aromatic rings. The van der Waals surface area contributed by atoms with Gasteiger partial charge in [0, 0.05) is 38.4 Å². The molecule has 134 valence electrons. The zero-order valence-corrected chi connectivity index (χ0v) is 19.1. The molecule has 0 bridgehead atoms. The number of allylic oxidation sites excluding steroid dienone is 2.